The van der Waals surface area contributed by atoms with Crippen molar-refractivity contribution in [3.8, 4) is 5.75 Å². The first-order chi connectivity index (χ1) is 9.68. The molecular formula is C17H25NO2. The number of rotatable bonds is 4. The second-order valence-electron chi connectivity index (χ2n) is 6.45. The molecule has 2 aliphatic rings. The zero-order chi connectivity index (χ0) is 14.2. The summed E-state index contributed by atoms with van der Waals surface area (Å²) >= 11 is 0. The molecule has 20 heavy (non-hydrogen) atoms. The van der Waals surface area contributed by atoms with Crippen LogP contribution in [0.1, 0.15) is 49.8 Å². The molecule has 1 heterocycles. The summed E-state index contributed by atoms with van der Waals surface area (Å²) in [5.74, 6) is 1.69. The normalized spacial score (nSPS) is 30.1. The summed E-state index contributed by atoms with van der Waals surface area (Å²) < 4.78 is 5.54. The number of ether oxygens (including phenoxy) is 1. The van der Waals surface area contributed by atoms with Crippen LogP contribution in [0.5, 0.6) is 5.75 Å². The van der Waals surface area contributed by atoms with E-state index in [9.17, 15) is 5.11 Å². The van der Waals surface area contributed by atoms with E-state index in [0.29, 0.717) is 12.5 Å². The Labute approximate surface area is 121 Å². The fourth-order valence-electron chi connectivity index (χ4n) is 3.89. The van der Waals surface area contributed by atoms with Crippen LogP contribution in [0.3, 0.4) is 0 Å². The lowest BCUT2D eigenvalue weighted by atomic mass is 9.76. The Morgan fingerprint density at radius 2 is 2.35 bits per heavy atom. The van der Waals surface area contributed by atoms with Gasteiger partial charge in [-0.1, -0.05) is 19.4 Å². The van der Waals surface area contributed by atoms with E-state index in [-0.39, 0.29) is 5.41 Å². The van der Waals surface area contributed by atoms with Gasteiger partial charge in [0.15, 0.2) is 0 Å². The summed E-state index contributed by atoms with van der Waals surface area (Å²) in [7, 11) is 0. The van der Waals surface area contributed by atoms with Crippen molar-refractivity contribution in [1.29, 1.82) is 0 Å². The maximum Gasteiger partial charge on any atom is 0.122 e. The SMILES string of the molecule is CCC1CCC(CN)(C(O)c2ccc3c(c2)CCO3)C1. The molecular weight excluding hydrogens is 250 g/mol. The molecule has 110 valence electrons. The topological polar surface area (TPSA) is 55.5 Å². The molecule has 1 aliphatic heterocycles. The Morgan fingerprint density at radius 1 is 1.50 bits per heavy atom. The summed E-state index contributed by atoms with van der Waals surface area (Å²) in [6, 6.07) is 6.12. The highest BCUT2D eigenvalue weighted by Gasteiger charge is 2.43. The second kappa shape index (κ2) is 5.38. The molecule has 0 spiro atoms. The van der Waals surface area contributed by atoms with E-state index in [1.165, 1.54) is 18.4 Å². The number of hydrogen-bond donors (Lipinski definition) is 2. The van der Waals surface area contributed by atoms with Gasteiger partial charge in [0, 0.05) is 18.4 Å². The van der Waals surface area contributed by atoms with Gasteiger partial charge < -0.3 is 15.6 Å². The maximum absolute atomic E-state index is 10.9. The molecule has 3 N–H and O–H groups in total. The van der Waals surface area contributed by atoms with Crippen LogP contribution in [0.2, 0.25) is 0 Å². The Kier molecular flexibility index (Phi) is 3.74. The Morgan fingerprint density at radius 3 is 3.05 bits per heavy atom. The molecule has 0 radical (unpaired) electrons. The van der Waals surface area contributed by atoms with Crippen LogP contribution in [0.25, 0.3) is 0 Å². The molecule has 1 fully saturated rings. The first kappa shape index (κ1) is 13.9. The largest absolute Gasteiger partial charge is 0.493 e. The van der Waals surface area contributed by atoms with Crippen molar-refractivity contribution < 1.29 is 9.84 Å². The number of benzene rings is 1. The predicted octanol–water partition coefficient (Wildman–Crippen LogP) is 2.81. The minimum Gasteiger partial charge on any atom is -0.493 e. The molecule has 0 amide bonds. The minimum absolute atomic E-state index is 0.131. The van der Waals surface area contributed by atoms with Gasteiger partial charge in [0.05, 0.1) is 12.7 Å². The van der Waals surface area contributed by atoms with E-state index in [0.717, 1.165) is 37.2 Å². The van der Waals surface area contributed by atoms with Crippen LogP contribution in [-0.4, -0.2) is 18.3 Å². The fraction of sp³-hybridized carbons (Fsp3) is 0.647. The minimum atomic E-state index is -0.449. The van der Waals surface area contributed by atoms with Crippen LogP contribution in [0, 0.1) is 11.3 Å². The first-order valence-electron chi connectivity index (χ1n) is 7.82. The standard InChI is InChI=1S/C17H25NO2/c1-2-12-5-7-17(10-12,11-18)16(19)14-3-4-15-13(9-14)6-8-20-15/h3-4,9,12,16,19H,2,5-8,10-11,18H2,1H3. The van der Waals surface area contributed by atoms with Gasteiger partial charge in [0.25, 0.3) is 0 Å². The smallest absolute Gasteiger partial charge is 0.122 e. The van der Waals surface area contributed by atoms with Gasteiger partial charge in [-0.05, 0) is 48.4 Å². The Bertz CT molecular complexity index is 488. The predicted molar refractivity (Wildman–Crippen MR) is 79.7 cm³/mol. The van der Waals surface area contributed by atoms with E-state index in [1.807, 2.05) is 12.1 Å². The molecule has 0 aromatic heterocycles. The quantitative estimate of drug-likeness (QED) is 0.888. The maximum atomic E-state index is 10.9. The van der Waals surface area contributed by atoms with Gasteiger partial charge in [0.2, 0.25) is 0 Å². The van der Waals surface area contributed by atoms with Gasteiger partial charge in [-0.2, -0.15) is 0 Å². The number of hydrogen-bond acceptors (Lipinski definition) is 3. The summed E-state index contributed by atoms with van der Waals surface area (Å²) in [6.07, 6.45) is 4.97. The molecule has 0 saturated heterocycles. The molecule has 3 heteroatoms. The van der Waals surface area contributed by atoms with Gasteiger partial charge in [-0.15, -0.1) is 0 Å². The average molecular weight is 275 g/mol. The number of aliphatic hydroxyl groups excluding tert-OH is 1. The van der Waals surface area contributed by atoms with Crippen molar-refractivity contribution >= 4 is 0 Å². The van der Waals surface area contributed by atoms with Crippen LogP contribution < -0.4 is 10.5 Å². The summed E-state index contributed by atoms with van der Waals surface area (Å²) in [4.78, 5) is 0. The molecule has 1 aromatic rings. The highest BCUT2D eigenvalue weighted by Crippen LogP contribution is 2.50. The monoisotopic (exact) mass is 275 g/mol. The lowest BCUT2D eigenvalue weighted by Crippen LogP contribution is -2.34. The Balaban J connectivity index is 1.85. The lowest BCUT2D eigenvalue weighted by Gasteiger charge is -2.34. The van der Waals surface area contributed by atoms with Crippen molar-refractivity contribution in [3.63, 3.8) is 0 Å². The van der Waals surface area contributed by atoms with Crippen molar-refractivity contribution in [2.24, 2.45) is 17.1 Å². The van der Waals surface area contributed by atoms with Crippen molar-refractivity contribution in [1.82, 2.24) is 0 Å². The molecule has 1 saturated carbocycles. The van der Waals surface area contributed by atoms with Crippen LogP contribution in [-0.2, 0) is 6.42 Å². The van der Waals surface area contributed by atoms with E-state index in [2.05, 4.69) is 13.0 Å². The van der Waals surface area contributed by atoms with E-state index < -0.39 is 6.10 Å². The van der Waals surface area contributed by atoms with E-state index in [1.54, 1.807) is 0 Å². The molecule has 1 aromatic carbocycles. The molecule has 3 unspecified atom stereocenters. The first-order valence-corrected chi connectivity index (χ1v) is 7.82. The average Bonchev–Trinajstić information content (AvgIpc) is 3.12. The molecule has 0 bridgehead atoms. The zero-order valence-electron chi connectivity index (χ0n) is 12.3. The third-order valence-corrected chi connectivity index (χ3v) is 5.34. The second-order valence-corrected chi connectivity index (χ2v) is 6.45. The molecule has 3 atom stereocenters. The van der Waals surface area contributed by atoms with Crippen LogP contribution in [0.4, 0.5) is 0 Å². The number of aliphatic hydroxyl groups is 1. The fourth-order valence-corrected chi connectivity index (χ4v) is 3.89. The van der Waals surface area contributed by atoms with Gasteiger partial charge in [-0.25, -0.2) is 0 Å². The number of nitrogens with two attached hydrogens (primary N) is 1. The highest BCUT2D eigenvalue weighted by atomic mass is 16.5. The lowest BCUT2D eigenvalue weighted by molar-refractivity contribution is 0.0301. The van der Waals surface area contributed by atoms with Crippen molar-refractivity contribution in [2.75, 3.05) is 13.2 Å². The number of fused-ring (bicyclic) bond motifs is 1. The molecule has 3 rings (SSSR count). The van der Waals surface area contributed by atoms with E-state index in [4.69, 9.17) is 10.5 Å². The van der Waals surface area contributed by atoms with Gasteiger partial charge in [0.1, 0.15) is 5.75 Å². The summed E-state index contributed by atoms with van der Waals surface area (Å²) in [5, 5.41) is 10.9. The van der Waals surface area contributed by atoms with Crippen molar-refractivity contribution in [3.05, 3.63) is 29.3 Å². The van der Waals surface area contributed by atoms with Gasteiger partial charge >= 0.3 is 0 Å². The molecule has 3 nitrogen and oxygen atoms in total. The highest BCUT2D eigenvalue weighted by molar-refractivity contribution is 5.41. The third kappa shape index (κ3) is 2.23. The zero-order valence-corrected chi connectivity index (χ0v) is 12.3. The Hall–Kier alpha value is -1.06. The van der Waals surface area contributed by atoms with Crippen LogP contribution >= 0.6 is 0 Å². The van der Waals surface area contributed by atoms with E-state index >= 15 is 0 Å². The van der Waals surface area contributed by atoms with Gasteiger partial charge in [-0.3, -0.25) is 0 Å². The third-order valence-electron chi connectivity index (χ3n) is 5.34. The van der Waals surface area contributed by atoms with Crippen molar-refractivity contribution in [2.45, 2.75) is 45.1 Å². The summed E-state index contributed by atoms with van der Waals surface area (Å²) in [6.45, 7) is 3.56. The summed E-state index contributed by atoms with van der Waals surface area (Å²) in [5.41, 5.74) is 8.15. The molecule has 1 aliphatic carbocycles. The van der Waals surface area contributed by atoms with Crippen LogP contribution in [0.15, 0.2) is 18.2 Å².